The maximum Gasteiger partial charge on any atom is 0.257 e. The molecule has 0 aliphatic rings. The molecule has 4 aromatic rings. The van der Waals surface area contributed by atoms with Gasteiger partial charge in [0.25, 0.3) is 5.91 Å². The molecular formula is C22H20N4O4S2. The Kier molecular flexibility index (Phi) is 6.24. The first-order chi connectivity index (χ1) is 15.5. The lowest BCUT2D eigenvalue weighted by Crippen LogP contribution is -2.34. The maximum atomic E-state index is 12.7. The van der Waals surface area contributed by atoms with Gasteiger partial charge in [0.15, 0.2) is 21.6 Å². The van der Waals surface area contributed by atoms with Crippen molar-refractivity contribution >= 4 is 45.2 Å². The second-order valence-electron chi connectivity index (χ2n) is 6.62. The van der Waals surface area contributed by atoms with Crippen LogP contribution in [-0.2, 0) is 0 Å². The summed E-state index contributed by atoms with van der Waals surface area (Å²) in [6, 6.07) is 10.8. The van der Waals surface area contributed by atoms with Crippen LogP contribution in [0.25, 0.3) is 16.2 Å². The number of hydrogen-bond acceptors (Lipinski definition) is 7. The maximum absolute atomic E-state index is 12.7. The van der Waals surface area contributed by atoms with Crippen LogP contribution in [0.1, 0.15) is 10.4 Å². The van der Waals surface area contributed by atoms with E-state index >= 15 is 0 Å². The van der Waals surface area contributed by atoms with E-state index in [1.54, 1.807) is 23.5 Å². The van der Waals surface area contributed by atoms with Crippen molar-refractivity contribution in [2.45, 2.75) is 0 Å². The topological polar surface area (TPSA) is 86.1 Å². The number of thiocarbonyl (C=S) groups is 1. The molecule has 164 valence electrons. The van der Waals surface area contributed by atoms with Gasteiger partial charge in [0.1, 0.15) is 0 Å². The average Bonchev–Trinajstić information content (AvgIpc) is 3.40. The van der Waals surface area contributed by atoms with Crippen molar-refractivity contribution in [1.29, 1.82) is 0 Å². The zero-order valence-corrected chi connectivity index (χ0v) is 19.2. The van der Waals surface area contributed by atoms with Crippen molar-refractivity contribution in [3.8, 4) is 28.5 Å². The Bertz CT molecular complexity index is 1240. The number of carbonyl (C=O) groups excluding carboxylic acids is 1. The van der Waals surface area contributed by atoms with Gasteiger partial charge in [-0.2, -0.15) is 0 Å². The minimum atomic E-state index is -0.410. The number of ether oxygens (including phenoxy) is 3. The summed E-state index contributed by atoms with van der Waals surface area (Å²) in [4.78, 5) is 18.3. The molecule has 0 aliphatic heterocycles. The molecule has 4 rings (SSSR count). The number of nitrogens with one attached hydrogen (secondary N) is 2. The molecule has 0 atom stereocenters. The van der Waals surface area contributed by atoms with E-state index in [9.17, 15) is 4.79 Å². The molecule has 2 aromatic carbocycles. The number of rotatable bonds is 6. The van der Waals surface area contributed by atoms with Gasteiger partial charge in [-0.1, -0.05) is 12.1 Å². The lowest BCUT2D eigenvalue weighted by atomic mass is 10.1. The van der Waals surface area contributed by atoms with Crippen molar-refractivity contribution in [2.24, 2.45) is 0 Å². The van der Waals surface area contributed by atoms with Crippen LogP contribution in [0, 0.1) is 0 Å². The highest BCUT2D eigenvalue weighted by Crippen LogP contribution is 2.38. The fraction of sp³-hybridized carbons (Fsp3) is 0.136. The van der Waals surface area contributed by atoms with Crippen LogP contribution >= 0.6 is 23.6 Å². The number of aromatic nitrogens is 2. The van der Waals surface area contributed by atoms with Crippen molar-refractivity contribution in [2.75, 3.05) is 26.6 Å². The molecule has 2 heterocycles. The number of carbonyl (C=O) groups is 1. The van der Waals surface area contributed by atoms with E-state index in [0.717, 1.165) is 21.9 Å². The Balaban J connectivity index is 1.48. The van der Waals surface area contributed by atoms with E-state index in [0.29, 0.717) is 22.8 Å². The Morgan fingerprint density at radius 1 is 1.09 bits per heavy atom. The fourth-order valence-corrected chi connectivity index (χ4v) is 4.08. The highest BCUT2D eigenvalue weighted by atomic mass is 32.1. The quantitative estimate of drug-likeness (QED) is 0.410. The van der Waals surface area contributed by atoms with E-state index < -0.39 is 5.91 Å². The van der Waals surface area contributed by atoms with E-state index in [-0.39, 0.29) is 5.11 Å². The molecule has 8 nitrogen and oxygen atoms in total. The summed E-state index contributed by atoms with van der Waals surface area (Å²) in [5, 5.41) is 7.86. The van der Waals surface area contributed by atoms with Gasteiger partial charge in [0.2, 0.25) is 5.75 Å². The Morgan fingerprint density at radius 2 is 1.84 bits per heavy atom. The zero-order valence-electron chi connectivity index (χ0n) is 17.5. The standard InChI is InChI=1S/C22H20N4O4S2/c1-28-17-10-14(11-18(29-2)19(17)30-3)20(27)25-21(31)23-15-6-4-5-13(9-15)16-12-26-7-8-32-22(26)24-16/h4-12H,1-3H3,(H2,23,25,27,31). The lowest BCUT2D eigenvalue weighted by Gasteiger charge is -2.15. The molecule has 0 spiro atoms. The number of nitrogens with zero attached hydrogens (tertiary/aromatic N) is 2. The summed E-state index contributed by atoms with van der Waals surface area (Å²) < 4.78 is 17.9. The number of benzene rings is 2. The summed E-state index contributed by atoms with van der Waals surface area (Å²) in [7, 11) is 4.48. The third-order valence-electron chi connectivity index (χ3n) is 4.66. The molecule has 0 aliphatic carbocycles. The van der Waals surface area contributed by atoms with E-state index in [1.165, 1.54) is 21.3 Å². The Morgan fingerprint density at radius 3 is 2.50 bits per heavy atom. The van der Waals surface area contributed by atoms with Crippen LogP contribution in [0.4, 0.5) is 5.69 Å². The van der Waals surface area contributed by atoms with Crippen LogP contribution in [0.15, 0.2) is 54.2 Å². The summed E-state index contributed by atoms with van der Waals surface area (Å²) in [6.07, 6.45) is 3.93. The van der Waals surface area contributed by atoms with Gasteiger partial charge in [-0.15, -0.1) is 11.3 Å². The van der Waals surface area contributed by atoms with Crippen molar-refractivity contribution < 1.29 is 19.0 Å². The summed E-state index contributed by atoms with van der Waals surface area (Å²) in [6.45, 7) is 0. The van der Waals surface area contributed by atoms with Gasteiger partial charge in [-0.05, 0) is 36.5 Å². The van der Waals surface area contributed by atoms with Crippen molar-refractivity contribution in [3.63, 3.8) is 0 Å². The second-order valence-corrected chi connectivity index (χ2v) is 7.90. The van der Waals surface area contributed by atoms with Crippen LogP contribution in [0.3, 0.4) is 0 Å². The third kappa shape index (κ3) is 4.36. The predicted octanol–water partition coefficient (Wildman–Crippen LogP) is 4.22. The molecule has 0 unspecified atom stereocenters. The average molecular weight is 469 g/mol. The number of amides is 1. The number of thiazole rings is 1. The molecule has 0 fully saturated rings. The molecule has 0 saturated heterocycles. The molecule has 10 heteroatoms. The number of methoxy groups -OCH3 is 3. The summed E-state index contributed by atoms with van der Waals surface area (Å²) in [5.74, 6) is 0.752. The van der Waals surface area contributed by atoms with E-state index in [1.807, 2.05) is 46.4 Å². The number of hydrogen-bond donors (Lipinski definition) is 2. The highest BCUT2D eigenvalue weighted by Gasteiger charge is 2.18. The minimum absolute atomic E-state index is 0.159. The van der Waals surface area contributed by atoms with Crippen LogP contribution < -0.4 is 24.8 Å². The predicted molar refractivity (Wildman–Crippen MR) is 128 cm³/mol. The SMILES string of the molecule is COc1cc(C(=O)NC(=S)Nc2cccc(-c3cn4ccsc4n3)c2)cc(OC)c1OC. The molecule has 0 bridgehead atoms. The van der Waals surface area contributed by atoms with Gasteiger partial charge in [0.05, 0.1) is 27.0 Å². The Hall–Kier alpha value is -3.63. The summed E-state index contributed by atoms with van der Waals surface area (Å²) >= 11 is 6.91. The smallest absolute Gasteiger partial charge is 0.257 e. The van der Waals surface area contributed by atoms with Crippen molar-refractivity contribution in [1.82, 2.24) is 14.7 Å². The number of imidazole rings is 1. The normalized spacial score (nSPS) is 10.6. The molecule has 2 N–H and O–H groups in total. The Labute approximate surface area is 193 Å². The molecule has 0 radical (unpaired) electrons. The molecule has 0 saturated carbocycles. The molecule has 2 aromatic heterocycles. The molecular weight excluding hydrogens is 448 g/mol. The first-order valence-corrected chi connectivity index (χ1v) is 10.8. The molecule has 1 amide bonds. The van der Waals surface area contributed by atoms with Gasteiger partial charge in [0, 0.05) is 34.6 Å². The fourth-order valence-electron chi connectivity index (χ4n) is 3.17. The van der Waals surface area contributed by atoms with Gasteiger partial charge >= 0.3 is 0 Å². The van der Waals surface area contributed by atoms with Crippen LogP contribution in [-0.4, -0.2) is 41.7 Å². The lowest BCUT2D eigenvalue weighted by molar-refractivity contribution is 0.0977. The second kappa shape index (κ2) is 9.25. The van der Waals surface area contributed by atoms with Gasteiger partial charge in [-0.3, -0.25) is 14.5 Å². The zero-order chi connectivity index (χ0) is 22.7. The largest absolute Gasteiger partial charge is 0.493 e. The summed E-state index contributed by atoms with van der Waals surface area (Å²) in [5.41, 5.74) is 2.84. The highest BCUT2D eigenvalue weighted by molar-refractivity contribution is 7.80. The van der Waals surface area contributed by atoms with E-state index in [4.69, 9.17) is 26.4 Å². The van der Waals surface area contributed by atoms with Crippen LogP contribution in [0.2, 0.25) is 0 Å². The molecule has 32 heavy (non-hydrogen) atoms. The minimum Gasteiger partial charge on any atom is -0.493 e. The third-order valence-corrected chi connectivity index (χ3v) is 5.64. The van der Waals surface area contributed by atoms with Gasteiger partial charge < -0.3 is 19.5 Å². The monoisotopic (exact) mass is 468 g/mol. The first-order valence-electron chi connectivity index (χ1n) is 9.47. The van der Waals surface area contributed by atoms with Crippen molar-refractivity contribution in [3.05, 3.63) is 59.7 Å². The first kappa shape index (κ1) is 21.6. The van der Waals surface area contributed by atoms with E-state index in [2.05, 4.69) is 15.6 Å². The van der Waals surface area contributed by atoms with Crippen LogP contribution in [0.5, 0.6) is 17.2 Å². The number of anilines is 1. The number of fused-ring (bicyclic) bond motifs is 1. The van der Waals surface area contributed by atoms with Gasteiger partial charge in [-0.25, -0.2) is 4.98 Å².